The van der Waals surface area contributed by atoms with Gasteiger partial charge in [-0.2, -0.15) is 0 Å². The molecule has 0 amide bonds. The van der Waals surface area contributed by atoms with Crippen molar-refractivity contribution >= 4 is 21.2 Å². The van der Waals surface area contributed by atoms with Gasteiger partial charge < -0.3 is 10.5 Å². The van der Waals surface area contributed by atoms with Crippen LogP contribution in [0.15, 0.2) is 71.8 Å². The summed E-state index contributed by atoms with van der Waals surface area (Å²) in [5, 5.41) is 0. The summed E-state index contributed by atoms with van der Waals surface area (Å²) in [6, 6.07) is 18.0. The number of fused-ring (bicyclic) bond motifs is 1. The smallest absolute Gasteiger partial charge is 0.178 e. The Kier molecular flexibility index (Phi) is 5.45. The third-order valence-corrected chi connectivity index (χ3v) is 6.87. The average Bonchev–Trinajstić information content (AvgIpc) is 3.15. The number of nitrogens with two attached hydrogens (primary N) is 1. The zero-order chi connectivity index (χ0) is 22.2. The fraction of sp³-hybridized carbons (Fsp3) is 0.208. The van der Waals surface area contributed by atoms with Gasteiger partial charge in [-0.25, -0.2) is 13.4 Å². The molecule has 0 saturated carbocycles. The fourth-order valence-corrected chi connectivity index (χ4v) is 4.45. The highest BCUT2D eigenvalue weighted by molar-refractivity contribution is 7.91. The molecule has 0 aliphatic carbocycles. The molecule has 0 fully saturated rings. The number of nitrogens with zero attached hydrogens (tertiary/aromatic N) is 2. The van der Waals surface area contributed by atoms with Crippen LogP contribution >= 0.6 is 0 Å². The van der Waals surface area contributed by atoms with Crippen LogP contribution in [-0.2, 0) is 9.84 Å². The summed E-state index contributed by atoms with van der Waals surface area (Å²) < 4.78 is 32.4. The van der Waals surface area contributed by atoms with Crippen molar-refractivity contribution in [1.29, 1.82) is 0 Å². The Morgan fingerprint density at radius 3 is 2.45 bits per heavy atom. The molecule has 4 aromatic rings. The maximum atomic E-state index is 12.2. The van der Waals surface area contributed by atoms with Gasteiger partial charge in [0.25, 0.3) is 0 Å². The highest BCUT2D eigenvalue weighted by atomic mass is 32.2. The Morgan fingerprint density at radius 1 is 1.03 bits per heavy atom. The molecule has 6 nitrogen and oxygen atoms in total. The van der Waals surface area contributed by atoms with E-state index in [2.05, 4.69) is 13.8 Å². The lowest BCUT2D eigenvalue weighted by Gasteiger charge is -2.11. The second kappa shape index (κ2) is 8.07. The number of sulfone groups is 1. The van der Waals surface area contributed by atoms with E-state index in [0.717, 1.165) is 22.6 Å². The molecule has 0 aliphatic rings. The predicted octanol–water partition coefficient (Wildman–Crippen LogP) is 5.29. The third-order valence-electron chi connectivity index (χ3n) is 5.14. The second-order valence-corrected chi connectivity index (χ2v) is 9.94. The van der Waals surface area contributed by atoms with Gasteiger partial charge in [-0.15, -0.1) is 0 Å². The van der Waals surface area contributed by atoms with Crippen LogP contribution in [0, 0.1) is 0 Å². The van der Waals surface area contributed by atoms with Crippen molar-refractivity contribution in [3.8, 4) is 22.8 Å². The van der Waals surface area contributed by atoms with Gasteiger partial charge in [0.2, 0.25) is 0 Å². The topological polar surface area (TPSA) is 86.7 Å². The number of anilines is 1. The number of rotatable bonds is 6. The van der Waals surface area contributed by atoms with E-state index in [4.69, 9.17) is 15.5 Å². The van der Waals surface area contributed by atoms with E-state index in [1.165, 1.54) is 0 Å². The first-order valence-electron chi connectivity index (χ1n) is 10.2. The Labute approximate surface area is 182 Å². The lowest BCUT2D eigenvalue weighted by molar-refractivity contribution is 0.481. The van der Waals surface area contributed by atoms with E-state index in [-0.39, 0.29) is 16.6 Å². The first-order chi connectivity index (χ1) is 14.8. The van der Waals surface area contributed by atoms with Gasteiger partial charge in [0.05, 0.1) is 27.7 Å². The number of nitrogen functional groups attached to an aromatic ring is 1. The number of benzene rings is 2. The number of ether oxygens (including phenoxy) is 1. The molecular formula is C24H25N3O3S. The number of imidazole rings is 1. The Bertz CT molecular complexity index is 1360. The summed E-state index contributed by atoms with van der Waals surface area (Å²) in [5.74, 6) is 1.33. The van der Waals surface area contributed by atoms with Crippen LogP contribution < -0.4 is 10.5 Å². The minimum Gasteiger partial charge on any atom is -0.457 e. The van der Waals surface area contributed by atoms with E-state index in [9.17, 15) is 8.42 Å². The molecule has 7 heteroatoms. The van der Waals surface area contributed by atoms with Crippen molar-refractivity contribution < 1.29 is 13.2 Å². The number of hydrogen-bond donors (Lipinski definition) is 1. The molecule has 2 aromatic heterocycles. The van der Waals surface area contributed by atoms with Crippen LogP contribution in [0.4, 0.5) is 5.69 Å². The van der Waals surface area contributed by atoms with Crippen molar-refractivity contribution in [3.63, 3.8) is 0 Å². The van der Waals surface area contributed by atoms with Crippen LogP contribution in [0.5, 0.6) is 11.5 Å². The summed E-state index contributed by atoms with van der Waals surface area (Å²) in [6.07, 6.45) is 1.95. The maximum absolute atomic E-state index is 12.2. The number of aromatic nitrogens is 2. The molecule has 31 heavy (non-hydrogen) atoms. The van der Waals surface area contributed by atoms with E-state index < -0.39 is 9.84 Å². The molecule has 2 aromatic carbocycles. The SMILES string of the molecule is CCS(=O)(=O)c1cccc(Oc2cccc(-c3c(C(C)C)nc4c(N)cccn34)c2)c1. The van der Waals surface area contributed by atoms with Crippen molar-refractivity contribution in [3.05, 3.63) is 72.6 Å². The minimum absolute atomic E-state index is 0.0430. The van der Waals surface area contributed by atoms with E-state index in [0.29, 0.717) is 17.2 Å². The lowest BCUT2D eigenvalue weighted by atomic mass is 10.0. The average molecular weight is 436 g/mol. The molecule has 0 atom stereocenters. The third kappa shape index (κ3) is 4.01. The van der Waals surface area contributed by atoms with Gasteiger partial charge in [-0.05, 0) is 48.4 Å². The lowest BCUT2D eigenvalue weighted by Crippen LogP contribution is -2.03. The van der Waals surface area contributed by atoms with Crippen LogP contribution in [0.2, 0.25) is 0 Å². The quantitative estimate of drug-likeness (QED) is 0.444. The first-order valence-corrected chi connectivity index (χ1v) is 11.8. The summed E-state index contributed by atoms with van der Waals surface area (Å²) in [4.78, 5) is 5.03. The molecule has 0 radical (unpaired) electrons. The van der Waals surface area contributed by atoms with Crippen molar-refractivity contribution in [2.45, 2.75) is 31.6 Å². The Balaban J connectivity index is 1.77. The van der Waals surface area contributed by atoms with Gasteiger partial charge in [0, 0.05) is 11.8 Å². The second-order valence-electron chi connectivity index (χ2n) is 7.67. The zero-order valence-electron chi connectivity index (χ0n) is 17.7. The summed E-state index contributed by atoms with van der Waals surface area (Å²) in [5.41, 5.74) is 10.4. The Morgan fingerprint density at radius 2 is 1.74 bits per heavy atom. The maximum Gasteiger partial charge on any atom is 0.178 e. The Hall–Kier alpha value is -3.32. The summed E-state index contributed by atoms with van der Waals surface area (Å²) in [7, 11) is -3.30. The minimum atomic E-state index is -3.30. The van der Waals surface area contributed by atoms with Crippen LogP contribution in [-0.4, -0.2) is 23.6 Å². The van der Waals surface area contributed by atoms with E-state index >= 15 is 0 Å². The van der Waals surface area contributed by atoms with Gasteiger partial charge >= 0.3 is 0 Å². The first kappa shape index (κ1) is 20.9. The highest BCUT2D eigenvalue weighted by Crippen LogP contribution is 2.34. The van der Waals surface area contributed by atoms with Crippen molar-refractivity contribution in [2.24, 2.45) is 0 Å². The molecule has 0 bridgehead atoms. The number of hydrogen-bond acceptors (Lipinski definition) is 5. The van der Waals surface area contributed by atoms with E-state index in [1.807, 2.05) is 47.0 Å². The van der Waals surface area contributed by atoms with Crippen molar-refractivity contribution in [1.82, 2.24) is 9.38 Å². The molecule has 0 spiro atoms. The zero-order valence-corrected chi connectivity index (χ0v) is 18.6. The van der Waals surface area contributed by atoms with Crippen LogP contribution in [0.3, 0.4) is 0 Å². The fourth-order valence-electron chi connectivity index (χ4n) is 3.54. The van der Waals surface area contributed by atoms with Gasteiger partial charge in [0.15, 0.2) is 15.5 Å². The molecule has 4 rings (SSSR count). The van der Waals surface area contributed by atoms with Crippen LogP contribution in [0.25, 0.3) is 16.9 Å². The predicted molar refractivity (Wildman–Crippen MR) is 123 cm³/mol. The molecule has 0 unspecified atom stereocenters. The summed E-state index contributed by atoms with van der Waals surface area (Å²) >= 11 is 0. The standard InChI is InChI=1S/C24H25N3O3S/c1-4-31(28,29)20-11-6-10-19(15-20)30-18-9-5-8-17(14-18)23-22(16(2)3)26-24-21(25)12-7-13-27(23)24/h5-16H,4,25H2,1-3H3. The molecular weight excluding hydrogens is 410 g/mol. The molecule has 0 aliphatic heterocycles. The molecule has 2 N–H and O–H groups in total. The van der Waals surface area contributed by atoms with Gasteiger partial charge in [0.1, 0.15) is 11.5 Å². The van der Waals surface area contributed by atoms with Gasteiger partial charge in [-0.3, -0.25) is 4.40 Å². The largest absolute Gasteiger partial charge is 0.457 e. The van der Waals surface area contributed by atoms with E-state index in [1.54, 1.807) is 31.2 Å². The normalized spacial score (nSPS) is 11.9. The monoisotopic (exact) mass is 435 g/mol. The highest BCUT2D eigenvalue weighted by Gasteiger charge is 2.19. The molecule has 2 heterocycles. The molecule has 160 valence electrons. The van der Waals surface area contributed by atoms with Crippen LogP contribution in [0.1, 0.15) is 32.4 Å². The van der Waals surface area contributed by atoms with Crippen molar-refractivity contribution in [2.75, 3.05) is 11.5 Å². The van der Waals surface area contributed by atoms with Gasteiger partial charge in [-0.1, -0.05) is 39.0 Å². The molecule has 0 saturated heterocycles. The summed E-state index contributed by atoms with van der Waals surface area (Å²) in [6.45, 7) is 5.82. The number of pyridine rings is 1.